The van der Waals surface area contributed by atoms with Crippen LogP contribution >= 0.6 is 0 Å². The second-order valence-electron chi connectivity index (χ2n) is 6.57. The van der Waals surface area contributed by atoms with Gasteiger partial charge in [0, 0.05) is 18.2 Å². The van der Waals surface area contributed by atoms with Gasteiger partial charge in [-0.15, -0.1) is 0 Å². The van der Waals surface area contributed by atoms with Crippen molar-refractivity contribution in [2.75, 3.05) is 11.4 Å². The highest BCUT2D eigenvalue weighted by molar-refractivity contribution is 5.83. The van der Waals surface area contributed by atoms with Crippen molar-refractivity contribution in [2.45, 2.75) is 45.4 Å². The molecule has 26 heavy (non-hydrogen) atoms. The number of fused-ring (bicyclic) bond motifs is 1. The molecule has 1 amide bonds. The molecule has 0 saturated heterocycles. The molecule has 0 saturated carbocycles. The van der Waals surface area contributed by atoms with Crippen molar-refractivity contribution in [1.29, 1.82) is 0 Å². The number of carbonyl (C=O) groups excluding carboxylic acids is 1. The first-order valence-corrected chi connectivity index (χ1v) is 9.16. The Morgan fingerprint density at radius 1 is 1.19 bits per heavy atom. The van der Waals surface area contributed by atoms with Crippen LogP contribution in [0.25, 0.3) is 0 Å². The van der Waals surface area contributed by atoms with E-state index in [-0.39, 0.29) is 17.8 Å². The van der Waals surface area contributed by atoms with Crippen molar-refractivity contribution in [3.63, 3.8) is 0 Å². The lowest BCUT2D eigenvalue weighted by Gasteiger charge is -2.36. The first kappa shape index (κ1) is 18.2. The maximum atomic E-state index is 14.1. The van der Waals surface area contributed by atoms with Crippen LogP contribution in [-0.4, -0.2) is 24.6 Å². The largest absolute Gasteiger partial charge is 0.477 e. The predicted octanol–water partition coefficient (Wildman–Crippen LogP) is 3.90. The van der Waals surface area contributed by atoms with Gasteiger partial charge in [0.15, 0.2) is 6.10 Å². The van der Waals surface area contributed by atoms with Crippen molar-refractivity contribution in [1.82, 2.24) is 5.32 Å². The number of para-hydroxylation sites is 2. The average molecular weight is 356 g/mol. The Labute approximate surface area is 154 Å². The molecule has 1 unspecified atom stereocenters. The summed E-state index contributed by atoms with van der Waals surface area (Å²) in [5.41, 5.74) is 1.48. The number of halogens is 1. The standard InChI is InChI=1S/C21H25FN2O2/c1-3-16(4-2)23-21(25)20-14-24(13-15-9-5-6-10-17(15)22)18-11-7-8-12-19(18)26-20/h5-12,16,20H,3-4,13-14H2,1-2H3,(H,23,25). The number of benzene rings is 2. The number of rotatable bonds is 6. The van der Waals surface area contributed by atoms with E-state index in [1.807, 2.05) is 35.2 Å². The molecule has 0 fully saturated rings. The fourth-order valence-electron chi connectivity index (χ4n) is 3.21. The van der Waals surface area contributed by atoms with Crippen LogP contribution in [0.1, 0.15) is 32.3 Å². The third-order valence-electron chi connectivity index (χ3n) is 4.80. The van der Waals surface area contributed by atoms with Crippen molar-refractivity contribution in [3.05, 3.63) is 59.9 Å². The van der Waals surface area contributed by atoms with Gasteiger partial charge in [-0.2, -0.15) is 0 Å². The van der Waals surface area contributed by atoms with E-state index in [0.717, 1.165) is 18.5 Å². The molecule has 1 aliphatic rings. The minimum Gasteiger partial charge on any atom is -0.477 e. The minimum atomic E-state index is -0.614. The average Bonchev–Trinajstić information content (AvgIpc) is 2.67. The van der Waals surface area contributed by atoms with Crippen molar-refractivity contribution >= 4 is 11.6 Å². The number of amides is 1. The van der Waals surface area contributed by atoms with Crippen LogP contribution in [-0.2, 0) is 11.3 Å². The number of nitrogens with zero attached hydrogens (tertiary/aromatic N) is 1. The Hall–Kier alpha value is -2.56. The highest BCUT2D eigenvalue weighted by Crippen LogP contribution is 2.34. The highest BCUT2D eigenvalue weighted by Gasteiger charge is 2.31. The van der Waals surface area contributed by atoms with E-state index in [0.29, 0.717) is 24.4 Å². The van der Waals surface area contributed by atoms with Crippen LogP contribution in [0.4, 0.5) is 10.1 Å². The van der Waals surface area contributed by atoms with E-state index < -0.39 is 6.10 Å². The second kappa shape index (κ2) is 8.21. The number of hydrogen-bond donors (Lipinski definition) is 1. The molecule has 5 heteroatoms. The van der Waals surface area contributed by atoms with Crippen LogP contribution in [0.2, 0.25) is 0 Å². The van der Waals surface area contributed by atoms with Gasteiger partial charge in [0.25, 0.3) is 5.91 Å². The van der Waals surface area contributed by atoms with E-state index in [9.17, 15) is 9.18 Å². The van der Waals surface area contributed by atoms with Crippen molar-refractivity contribution < 1.29 is 13.9 Å². The smallest absolute Gasteiger partial charge is 0.263 e. The Morgan fingerprint density at radius 3 is 2.62 bits per heavy atom. The first-order chi connectivity index (χ1) is 12.6. The molecule has 1 heterocycles. The van der Waals surface area contributed by atoms with E-state index in [4.69, 9.17) is 4.74 Å². The van der Waals surface area contributed by atoms with E-state index >= 15 is 0 Å². The van der Waals surface area contributed by atoms with E-state index in [1.54, 1.807) is 12.1 Å². The monoisotopic (exact) mass is 356 g/mol. The number of carbonyl (C=O) groups is 1. The third kappa shape index (κ3) is 3.98. The van der Waals surface area contributed by atoms with Gasteiger partial charge >= 0.3 is 0 Å². The summed E-state index contributed by atoms with van der Waals surface area (Å²) in [6, 6.07) is 14.4. The zero-order valence-electron chi connectivity index (χ0n) is 15.2. The molecular formula is C21H25FN2O2. The molecule has 2 aromatic carbocycles. The summed E-state index contributed by atoms with van der Waals surface area (Å²) < 4.78 is 20.0. The number of anilines is 1. The summed E-state index contributed by atoms with van der Waals surface area (Å²) in [5.74, 6) is 0.293. The molecular weight excluding hydrogens is 331 g/mol. The molecule has 0 aromatic heterocycles. The molecule has 1 aliphatic heterocycles. The van der Waals surface area contributed by atoms with Gasteiger partial charge in [-0.05, 0) is 31.0 Å². The van der Waals surface area contributed by atoms with Crippen molar-refractivity contribution in [2.24, 2.45) is 0 Å². The summed E-state index contributed by atoms with van der Waals surface area (Å²) in [6.07, 6.45) is 1.15. The summed E-state index contributed by atoms with van der Waals surface area (Å²) in [7, 11) is 0. The maximum Gasteiger partial charge on any atom is 0.263 e. The lowest BCUT2D eigenvalue weighted by atomic mass is 10.1. The molecule has 0 radical (unpaired) electrons. The fourth-order valence-corrected chi connectivity index (χ4v) is 3.21. The molecule has 1 N–H and O–H groups in total. The van der Waals surface area contributed by atoms with Gasteiger partial charge in [-0.3, -0.25) is 4.79 Å². The molecule has 1 atom stereocenters. The SMILES string of the molecule is CCC(CC)NC(=O)C1CN(Cc2ccccc2F)c2ccccc2O1. The zero-order valence-corrected chi connectivity index (χ0v) is 15.2. The highest BCUT2D eigenvalue weighted by atomic mass is 19.1. The third-order valence-corrected chi connectivity index (χ3v) is 4.80. The molecule has 3 rings (SSSR count). The van der Waals surface area contributed by atoms with Gasteiger partial charge in [0.1, 0.15) is 11.6 Å². The molecule has 0 spiro atoms. The van der Waals surface area contributed by atoms with Crippen LogP contribution in [0.3, 0.4) is 0 Å². The normalized spacial score (nSPS) is 16.2. The quantitative estimate of drug-likeness (QED) is 0.854. The van der Waals surface area contributed by atoms with Gasteiger partial charge in [-0.1, -0.05) is 44.2 Å². The van der Waals surface area contributed by atoms with Gasteiger partial charge < -0.3 is 15.0 Å². The Kier molecular flexibility index (Phi) is 5.76. The number of hydrogen-bond acceptors (Lipinski definition) is 3. The van der Waals surface area contributed by atoms with Gasteiger partial charge in [0.2, 0.25) is 0 Å². The predicted molar refractivity (Wildman–Crippen MR) is 101 cm³/mol. The number of ether oxygens (including phenoxy) is 1. The molecule has 138 valence electrons. The van der Waals surface area contributed by atoms with Gasteiger partial charge in [-0.25, -0.2) is 4.39 Å². The Morgan fingerprint density at radius 2 is 1.88 bits per heavy atom. The summed E-state index contributed by atoms with van der Waals surface area (Å²) in [4.78, 5) is 14.7. The molecule has 0 bridgehead atoms. The summed E-state index contributed by atoms with van der Waals surface area (Å²) in [6.45, 7) is 4.88. The van der Waals surface area contributed by atoms with Crippen molar-refractivity contribution in [3.8, 4) is 5.75 Å². The number of nitrogens with one attached hydrogen (secondary N) is 1. The first-order valence-electron chi connectivity index (χ1n) is 9.16. The fraction of sp³-hybridized carbons (Fsp3) is 0.381. The van der Waals surface area contributed by atoms with Gasteiger partial charge in [0.05, 0.1) is 12.2 Å². The van der Waals surface area contributed by atoms with E-state index in [1.165, 1.54) is 6.07 Å². The lowest BCUT2D eigenvalue weighted by molar-refractivity contribution is -0.128. The Bertz CT molecular complexity index is 761. The maximum absolute atomic E-state index is 14.1. The van der Waals surface area contributed by atoms with E-state index in [2.05, 4.69) is 19.2 Å². The summed E-state index contributed by atoms with van der Waals surface area (Å²) in [5, 5.41) is 3.05. The lowest BCUT2D eigenvalue weighted by Crippen LogP contribution is -2.51. The molecule has 0 aliphatic carbocycles. The second-order valence-corrected chi connectivity index (χ2v) is 6.57. The summed E-state index contributed by atoms with van der Waals surface area (Å²) >= 11 is 0. The molecule has 4 nitrogen and oxygen atoms in total. The minimum absolute atomic E-state index is 0.119. The van der Waals surface area contributed by atoms with Crippen LogP contribution in [0.15, 0.2) is 48.5 Å². The topological polar surface area (TPSA) is 41.6 Å². The molecule has 2 aromatic rings. The zero-order chi connectivity index (χ0) is 18.5. The Balaban J connectivity index is 1.82. The van der Waals surface area contributed by atoms with Crippen LogP contribution in [0, 0.1) is 5.82 Å². The van der Waals surface area contributed by atoms with Crippen LogP contribution < -0.4 is 15.0 Å². The van der Waals surface area contributed by atoms with Crippen LogP contribution in [0.5, 0.6) is 5.75 Å².